The van der Waals surface area contributed by atoms with Crippen LogP contribution in [0.25, 0.3) is 0 Å². The summed E-state index contributed by atoms with van der Waals surface area (Å²) in [4.78, 5) is 22.7. The number of carboxylic acid groups (broad SMARTS) is 1. The molecule has 0 aliphatic heterocycles. The van der Waals surface area contributed by atoms with Crippen LogP contribution in [0.5, 0.6) is 0 Å². The zero-order chi connectivity index (χ0) is 12.7. The maximum Gasteiger partial charge on any atom is 0.307 e. The molecule has 2 fully saturated rings. The molecule has 2 saturated carbocycles. The molecule has 1 aromatic rings. The van der Waals surface area contributed by atoms with Crippen molar-refractivity contribution in [3.8, 4) is 0 Å². The van der Waals surface area contributed by atoms with Crippen LogP contribution in [-0.2, 0) is 9.59 Å². The van der Waals surface area contributed by atoms with Gasteiger partial charge >= 0.3 is 5.97 Å². The first-order valence-corrected chi connectivity index (χ1v) is 6.84. The summed E-state index contributed by atoms with van der Waals surface area (Å²) in [6.07, 6.45) is 3.51. The molecule has 0 spiro atoms. The predicted octanol–water partition coefficient (Wildman–Crippen LogP) is 1.46. The third-order valence-corrected chi connectivity index (χ3v) is 4.53. The Morgan fingerprint density at radius 3 is 2.44 bits per heavy atom. The minimum absolute atomic E-state index is 0.243. The van der Waals surface area contributed by atoms with Gasteiger partial charge in [-0.15, -0.1) is 10.2 Å². The minimum Gasteiger partial charge on any atom is -0.481 e. The van der Waals surface area contributed by atoms with Gasteiger partial charge in [0, 0.05) is 5.92 Å². The van der Waals surface area contributed by atoms with E-state index in [-0.39, 0.29) is 5.91 Å². The first kappa shape index (κ1) is 11.6. The molecule has 0 bridgehead atoms. The van der Waals surface area contributed by atoms with Crippen LogP contribution in [-0.4, -0.2) is 27.2 Å². The molecule has 0 saturated heterocycles. The molecule has 2 atom stereocenters. The SMILES string of the molecule is O=C(O)[C@H]1CC[C@@H]1C(=O)Nc1nnc(C2CC2)s1. The van der Waals surface area contributed by atoms with E-state index in [0.29, 0.717) is 23.9 Å². The van der Waals surface area contributed by atoms with Crippen LogP contribution in [0, 0.1) is 11.8 Å². The average Bonchev–Trinajstić information content (AvgIpc) is 2.98. The number of rotatable bonds is 4. The van der Waals surface area contributed by atoms with Crippen molar-refractivity contribution in [2.75, 3.05) is 5.32 Å². The molecule has 0 radical (unpaired) electrons. The van der Waals surface area contributed by atoms with Crippen molar-refractivity contribution in [1.29, 1.82) is 0 Å². The lowest BCUT2D eigenvalue weighted by Gasteiger charge is -2.31. The summed E-state index contributed by atoms with van der Waals surface area (Å²) in [6.45, 7) is 0. The van der Waals surface area contributed by atoms with Crippen molar-refractivity contribution in [2.45, 2.75) is 31.6 Å². The largest absolute Gasteiger partial charge is 0.481 e. The first-order chi connectivity index (χ1) is 8.65. The van der Waals surface area contributed by atoms with Gasteiger partial charge in [0.05, 0.1) is 11.8 Å². The third-order valence-electron chi connectivity index (χ3n) is 3.53. The van der Waals surface area contributed by atoms with Crippen LogP contribution in [0.3, 0.4) is 0 Å². The van der Waals surface area contributed by atoms with Crippen LogP contribution in [0.15, 0.2) is 0 Å². The summed E-state index contributed by atoms with van der Waals surface area (Å²) in [7, 11) is 0. The van der Waals surface area contributed by atoms with Crippen molar-refractivity contribution in [2.24, 2.45) is 11.8 Å². The van der Waals surface area contributed by atoms with Crippen LogP contribution in [0.4, 0.5) is 5.13 Å². The fourth-order valence-corrected chi connectivity index (χ4v) is 3.00. The summed E-state index contributed by atoms with van der Waals surface area (Å²) >= 11 is 1.39. The second-order valence-electron chi connectivity index (χ2n) is 4.84. The van der Waals surface area contributed by atoms with Crippen LogP contribution in [0.1, 0.15) is 36.6 Å². The molecular weight excluding hydrogens is 254 g/mol. The van der Waals surface area contributed by atoms with Crippen molar-refractivity contribution in [3.05, 3.63) is 5.01 Å². The van der Waals surface area contributed by atoms with E-state index >= 15 is 0 Å². The summed E-state index contributed by atoms with van der Waals surface area (Å²) in [5.41, 5.74) is 0. The maximum absolute atomic E-state index is 11.9. The summed E-state index contributed by atoms with van der Waals surface area (Å²) in [5.74, 6) is -1.58. The standard InChI is InChI=1S/C11H13N3O3S/c15-8(6-3-4-7(6)10(16)17)12-11-14-13-9(18-11)5-1-2-5/h5-7H,1-4H2,(H,16,17)(H,12,14,15)/t6-,7-/m0/s1. The van der Waals surface area contributed by atoms with Gasteiger partial charge in [0.25, 0.3) is 0 Å². The monoisotopic (exact) mass is 267 g/mol. The maximum atomic E-state index is 11.9. The summed E-state index contributed by atoms with van der Waals surface area (Å²) in [5, 5.41) is 21.0. The lowest BCUT2D eigenvalue weighted by molar-refractivity contribution is -0.151. The lowest BCUT2D eigenvalue weighted by atomic mass is 9.73. The number of nitrogens with zero attached hydrogens (tertiary/aromatic N) is 2. The van der Waals surface area contributed by atoms with E-state index < -0.39 is 17.8 Å². The molecule has 2 N–H and O–H groups in total. The Labute approximate surface area is 107 Å². The van der Waals surface area contributed by atoms with Gasteiger partial charge in [0.15, 0.2) is 0 Å². The number of hydrogen-bond donors (Lipinski definition) is 2. The molecule has 3 rings (SSSR count). The highest BCUT2D eigenvalue weighted by Gasteiger charge is 2.41. The van der Waals surface area contributed by atoms with Crippen molar-refractivity contribution in [1.82, 2.24) is 10.2 Å². The summed E-state index contributed by atoms with van der Waals surface area (Å²) in [6, 6.07) is 0. The number of nitrogens with one attached hydrogen (secondary N) is 1. The first-order valence-electron chi connectivity index (χ1n) is 6.02. The molecule has 1 amide bonds. The zero-order valence-electron chi connectivity index (χ0n) is 9.63. The highest BCUT2D eigenvalue weighted by Crippen LogP contribution is 2.42. The van der Waals surface area contributed by atoms with E-state index in [1.807, 2.05) is 0 Å². The smallest absolute Gasteiger partial charge is 0.307 e. The normalized spacial score (nSPS) is 26.4. The zero-order valence-corrected chi connectivity index (χ0v) is 10.4. The highest BCUT2D eigenvalue weighted by atomic mass is 32.1. The molecule has 96 valence electrons. The van der Waals surface area contributed by atoms with Gasteiger partial charge in [-0.25, -0.2) is 0 Å². The molecule has 2 aliphatic carbocycles. The lowest BCUT2D eigenvalue weighted by Crippen LogP contribution is -2.41. The number of aliphatic carboxylic acids is 1. The van der Waals surface area contributed by atoms with Gasteiger partial charge < -0.3 is 10.4 Å². The van der Waals surface area contributed by atoms with Gasteiger partial charge in [-0.3, -0.25) is 9.59 Å². The number of aromatic nitrogens is 2. The number of hydrogen-bond acceptors (Lipinski definition) is 5. The van der Waals surface area contributed by atoms with E-state index in [2.05, 4.69) is 15.5 Å². The molecule has 18 heavy (non-hydrogen) atoms. The second-order valence-corrected chi connectivity index (χ2v) is 5.85. The van der Waals surface area contributed by atoms with Crippen molar-refractivity contribution >= 4 is 28.3 Å². The highest BCUT2D eigenvalue weighted by molar-refractivity contribution is 7.15. The van der Waals surface area contributed by atoms with E-state index in [1.54, 1.807) is 0 Å². The average molecular weight is 267 g/mol. The fraction of sp³-hybridized carbons (Fsp3) is 0.636. The Balaban J connectivity index is 1.61. The van der Waals surface area contributed by atoms with E-state index in [9.17, 15) is 9.59 Å². The van der Waals surface area contributed by atoms with Crippen LogP contribution < -0.4 is 5.32 Å². The number of anilines is 1. The molecule has 7 heteroatoms. The molecule has 1 heterocycles. The number of carboxylic acids is 1. The fourth-order valence-electron chi connectivity index (χ4n) is 2.09. The Morgan fingerprint density at radius 2 is 1.89 bits per heavy atom. The van der Waals surface area contributed by atoms with E-state index in [0.717, 1.165) is 17.8 Å². The minimum atomic E-state index is -0.891. The third kappa shape index (κ3) is 2.10. The molecule has 1 aromatic heterocycles. The Bertz CT molecular complexity index is 497. The summed E-state index contributed by atoms with van der Waals surface area (Å²) < 4.78 is 0. The molecule has 6 nitrogen and oxygen atoms in total. The molecular formula is C11H13N3O3S. The molecule has 0 unspecified atom stereocenters. The van der Waals surface area contributed by atoms with Crippen LogP contribution >= 0.6 is 11.3 Å². The Hall–Kier alpha value is -1.50. The van der Waals surface area contributed by atoms with Crippen molar-refractivity contribution < 1.29 is 14.7 Å². The van der Waals surface area contributed by atoms with Gasteiger partial charge in [-0.05, 0) is 25.7 Å². The van der Waals surface area contributed by atoms with Gasteiger partial charge in [0.1, 0.15) is 5.01 Å². The number of carbonyl (C=O) groups is 2. The van der Waals surface area contributed by atoms with Crippen LogP contribution in [0.2, 0.25) is 0 Å². The number of carbonyl (C=O) groups excluding carboxylic acids is 1. The quantitative estimate of drug-likeness (QED) is 0.861. The molecule has 0 aromatic carbocycles. The predicted molar refractivity (Wildman–Crippen MR) is 64.4 cm³/mol. The van der Waals surface area contributed by atoms with E-state index in [4.69, 9.17) is 5.11 Å². The van der Waals surface area contributed by atoms with E-state index in [1.165, 1.54) is 11.3 Å². The Morgan fingerprint density at radius 1 is 1.17 bits per heavy atom. The molecule has 2 aliphatic rings. The second kappa shape index (κ2) is 4.31. The number of amides is 1. The van der Waals surface area contributed by atoms with Gasteiger partial charge in [-0.2, -0.15) is 0 Å². The van der Waals surface area contributed by atoms with Gasteiger partial charge in [-0.1, -0.05) is 11.3 Å². The van der Waals surface area contributed by atoms with Gasteiger partial charge in [0.2, 0.25) is 11.0 Å². The van der Waals surface area contributed by atoms with Crippen molar-refractivity contribution in [3.63, 3.8) is 0 Å². The topological polar surface area (TPSA) is 92.2 Å². The Kier molecular flexibility index (Phi) is 2.77.